The summed E-state index contributed by atoms with van der Waals surface area (Å²) in [6.45, 7) is 0.942. The number of piperidine rings is 1. The average molecular weight is 352 g/mol. The summed E-state index contributed by atoms with van der Waals surface area (Å²) in [5.41, 5.74) is -0.534. The van der Waals surface area contributed by atoms with Gasteiger partial charge in [0, 0.05) is 25.2 Å². The fourth-order valence-electron chi connectivity index (χ4n) is 3.76. The van der Waals surface area contributed by atoms with Crippen LogP contribution in [0, 0.1) is 5.41 Å². The molecule has 1 aromatic carbocycles. The molecule has 5 nitrogen and oxygen atoms in total. The van der Waals surface area contributed by atoms with Gasteiger partial charge in [-0.15, -0.1) is 0 Å². The largest absolute Gasteiger partial charge is 0.481 e. The number of carbonyl (C=O) groups excluding carboxylic acids is 1. The van der Waals surface area contributed by atoms with Crippen LogP contribution in [0.25, 0.3) is 0 Å². The summed E-state index contributed by atoms with van der Waals surface area (Å²) in [7, 11) is 1.50. The number of carboxylic acids is 1. The third-order valence-corrected chi connectivity index (χ3v) is 5.55. The second-order valence-electron chi connectivity index (χ2n) is 6.94. The van der Waals surface area contributed by atoms with Gasteiger partial charge in [-0.25, -0.2) is 0 Å². The third kappa shape index (κ3) is 2.91. The first-order valence-electron chi connectivity index (χ1n) is 8.21. The number of hydrogen-bond donors (Lipinski definition) is 1. The second kappa shape index (κ2) is 6.37. The first kappa shape index (κ1) is 17.2. The fourth-order valence-corrected chi connectivity index (χ4v) is 3.88. The molecule has 0 bridgehead atoms. The Kier molecular flexibility index (Phi) is 4.58. The van der Waals surface area contributed by atoms with Crippen LogP contribution in [-0.4, -0.2) is 48.7 Å². The lowest BCUT2D eigenvalue weighted by molar-refractivity contribution is -0.159. The van der Waals surface area contributed by atoms with Crippen LogP contribution in [0.4, 0.5) is 0 Å². The molecule has 1 amide bonds. The SMILES string of the molecule is COCC1(C(=O)O)CCCN(C(=O)C2(c3ccc(Cl)cc3)CC2)C1. The summed E-state index contributed by atoms with van der Waals surface area (Å²) in [4.78, 5) is 26.6. The first-order chi connectivity index (χ1) is 11.4. The average Bonchev–Trinajstić information content (AvgIpc) is 3.37. The van der Waals surface area contributed by atoms with Gasteiger partial charge in [-0.3, -0.25) is 9.59 Å². The van der Waals surface area contributed by atoms with Crippen LogP contribution in [0.1, 0.15) is 31.2 Å². The zero-order valence-corrected chi connectivity index (χ0v) is 14.5. The van der Waals surface area contributed by atoms with Crippen molar-refractivity contribution in [2.75, 3.05) is 26.8 Å². The van der Waals surface area contributed by atoms with E-state index in [4.69, 9.17) is 16.3 Å². The molecule has 1 aromatic rings. The number of halogens is 1. The molecule has 130 valence electrons. The van der Waals surface area contributed by atoms with Crippen LogP contribution in [0.15, 0.2) is 24.3 Å². The van der Waals surface area contributed by atoms with Crippen LogP contribution in [-0.2, 0) is 19.7 Å². The Hall–Kier alpha value is -1.59. The molecule has 1 saturated heterocycles. The minimum atomic E-state index is -1.00. The molecule has 1 aliphatic heterocycles. The number of amides is 1. The first-order valence-corrected chi connectivity index (χ1v) is 8.59. The molecule has 1 atom stereocenters. The van der Waals surface area contributed by atoms with Crippen molar-refractivity contribution in [1.82, 2.24) is 4.90 Å². The van der Waals surface area contributed by atoms with Crippen molar-refractivity contribution in [2.24, 2.45) is 5.41 Å². The second-order valence-corrected chi connectivity index (χ2v) is 7.37. The van der Waals surface area contributed by atoms with Crippen molar-refractivity contribution in [2.45, 2.75) is 31.1 Å². The molecule has 3 rings (SSSR count). The molecule has 0 radical (unpaired) electrons. The number of methoxy groups -OCH3 is 1. The molecule has 1 unspecified atom stereocenters. The Bertz CT molecular complexity index is 637. The van der Waals surface area contributed by atoms with E-state index in [0.717, 1.165) is 18.4 Å². The van der Waals surface area contributed by atoms with Crippen molar-refractivity contribution >= 4 is 23.5 Å². The number of carboxylic acid groups (broad SMARTS) is 1. The number of likely N-dealkylation sites (tertiary alicyclic amines) is 1. The topological polar surface area (TPSA) is 66.8 Å². The minimum absolute atomic E-state index is 0.0336. The number of rotatable bonds is 5. The molecule has 0 aromatic heterocycles. The van der Waals surface area contributed by atoms with Gasteiger partial charge in [0.2, 0.25) is 5.91 Å². The number of hydrogen-bond acceptors (Lipinski definition) is 3. The Morgan fingerprint density at radius 3 is 2.46 bits per heavy atom. The van der Waals surface area contributed by atoms with Gasteiger partial charge in [0.05, 0.1) is 12.0 Å². The van der Waals surface area contributed by atoms with Crippen molar-refractivity contribution in [3.63, 3.8) is 0 Å². The molecule has 6 heteroatoms. The van der Waals surface area contributed by atoms with E-state index in [1.807, 2.05) is 12.1 Å². The van der Waals surface area contributed by atoms with Crippen LogP contribution >= 0.6 is 11.6 Å². The highest BCUT2D eigenvalue weighted by molar-refractivity contribution is 6.30. The van der Waals surface area contributed by atoms with Crippen molar-refractivity contribution < 1.29 is 19.4 Å². The fraction of sp³-hybridized carbons (Fsp3) is 0.556. The molecule has 1 saturated carbocycles. The highest BCUT2D eigenvalue weighted by Crippen LogP contribution is 2.50. The number of aliphatic carboxylic acids is 1. The van der Waals surface area contributed by atoms with Gasteiger partial charge in [0.1, 0.15) is 5.41 Å². The predicted octanol–water partition coefficient (Wildman–Crippen LogP) is 2.71. The molecule has 2 fully saturated rings. The van der Waals surface area contributed by atoms with E-state index in [-0.39, 0.29) is 19.1 Å². The Morgan fingerprint density at radius 1 is 1.25 bits per heavy atom. The van der Waals surface area contributed by atoms with Gasteiger partial charge in [-0.05, 0) is 43.4 Å². The van der Waals surface area contributed by atoms with Gasteiger partial charge in [0.25, 0.3) is 0 Å². The van der Waals surface area contributed by atoms with Crippen LogP contribution in [0.5, 0.6) is 0 Å². The summed E-state index contributed by atoms with van der Waals surface area (Å²) in [6, 6.07) is 7.40. The van der Waals surface area contributed by atoms with E-state index in [1.54, 1.807) is 17.0 Å². The molecule has 1 aliphatic carbocycles. The van der Waals surface area contributed by atoms with Gasteiger partial charge in [0.15, 0.2) is 0 Å². The normalized spacial score (nSPS) is 25.3. The van der Waals surface area contributed by atoms with E-state index in [2.05, 4.69) is 0 Å². The van der Waals surface area contributed by atoms with Gasteiger partial charge >= 0.3 is 5.97 Å². The summed E-state index contributed by atoms with van der Waals surface area (Å²) < 4.78 is 5.14. The van der Waals surface area contributed by atoms with Crippen LogP contribution in [0.3, 0.4) is 0 Å². The number of benzene rings is 1. The highest BCUT2D eigenvalue weighted by atomic mass is 35.5. The maximum Gasteiger partial charge on any atom is 0.313 e. The van der Waals surface area contributed by atoms with E-state index in [9.17, 15) is 14.7 Å². The third-order valence-electron chi connectivity index (χ3n) is 5.29. The molecule has 1 heterocycles. The molecule has 1 N–H and O–H groups in total. The van der Waals surface area contributed by atoms with Crippen LogP contribution in [0.2, 0.25) is 5.02 Å². The molecular weight excluding hydrogens is 330 g/mol. The Balaban J connectivity index is 1.82. The minimum Gasteiger partial charge on any atom is -0.481 e. The Morgan fingerprint density at radius 2 is 1.92 bits per heavy atom. The van der Waals surface area contributed by atoms with Gasteiger partial charge in [-0.1, -0.05) is 23.7 Å². The molecule has 0 spiro atoms. The summed E-state index contributed by atoms with van der Waals surface area (Å²) in [5, 5.41) is 10.3. The van der Waals surface area contributed by atoms with Crippen molar-refractivity contribution in [3.05, 3.63) is 34.9 Å². The zero-order valence-electron chi connectivity index (χ0n) is 13.8. The quantitative estimate of drug-likeness (QED) is 0.885. The summed E-state index contributed by atoms with van der Waals surface area (Å²) in [6.07, 6.45) is 2.81. The monoisotopic (exact) mass is 351 g/mol. The van der Waals surface area contributed by atoms with Crippen LogP contribution < -0.4 is 0 Å². The van der Waals surface area contributed by atoms with Crippen molar-refractivity contribution in [1.29, 1.82) is 0 Å². The lowest BCUT2D eigenvalue weighted by Gasteiger charge is -2.40. The lowest BCUT2D eigenvalue weighted by Crippen LogP contribution is -2.54. The Labute approximate surface area is 146 Å². The standard InChI is InChI=1S/C18H22ClNO4/c1-24-12-17(16(22)23)7-2-10-20(11-17)15(21)18(8-9-18)13-3-5-14(19)6-4-13/h3-6H,2,7-12H2,1H3,(H,22,23). The lowest BCUT2D eigenvalue weighted by atomic mass is 9.79. The van der Waals surface area contributed by atoms with E-state index >= 15 is 0 Å². The van der Waals surface area contributed by atoms with E-state index < -0.39 is 16.8 Å². The van der Waals surface area contributed by atoms with Gasteiger partial charge in [-0.2, -0.15) is 0 Å². The number of nitrogens with zero attached hydrogens (tertiary/aromatic N) is 1. The maximum absolute atomic E-state index is 13.1. The van der Waals surface area contributed by atoms with E-state index in [0.29, 0.717) is 24.4 Å². The molecule has 2 aliphatic rings. The smallest absolute Gasteiger partial charge is 0.313 e. The number of carbonyl (C=O) groups is 2. The molecular formula is C18H22ClNO4. The maximum atomic E-state index is 13.1. The number of ether oxygens (including phenoxy) is 1. The zero-order chi connectivity index (χ0) is 17.4. The highest BCUT2D eigenvalue weighted by Gasteiger charge is 2.55. The van der Waals surface area contributed by atoms with Gasteiger partial charge < -0.3 is 14.7 Å². The summed E-state index contributed by atoms with van der Waals surface area (Å²) >= 11 is 5.94. The van der Waals surface area contributed by atoms with E-state index in [1.165, 1.54) is 7.11 Å². The predicted molar refractivity (Wildman–Crippen MR) is 90.1 cm³/mol. The molecule has 24 heavy (non-hydrogen) atoms. The van der Waals surface area contributed by atoms with Crippen molar-refractivity contribution in [3.8, 4) is 0 Å². The summed E-state index contributed by atoms with van der Waals surface area (Å²) in [5.74, 6) is -0.857.